The van der Waals surface area contributed by atoms with Crippen molar-refractivity contribution in [2.45, 2.75) is 18.9 Å². The Morgan fingerprint density at radius 1 is 1.23 bits per heavy atom. The third kappa shape index (κ3) is 5.27. The van der Waals surface area contributed by atoms with Crippen molar-refractivity contribution in [3.05, 3.63) is 36.7 Å². The Hall–Kier alpha value is -3.13. The number of hydrogen-bond donors (Lipinski definition) is 2. The van der Waals surface area contributed by atoms with Crippen molar-refractivity contribution in [3.63, 3.8) is 0 Å². The monoisotopic (exact) mass is 411 g/mol. The zero-order valence-corrected chi connectivity index (χ0v) is 17.8. The molecule has 0 spiro atoms. The van der Waals surface area contributed by atoms with Crippen LogP contribution in [0.15, 0.2) is 30.9 Å². The Balaban J connectivity index is 1.93. The molecular weight excluding hydrogens is 382 g/mol. The van der Waals surface area contributed by atoms with Crippen LogP contribution in [-0.2, 0) is 4.79 Å². The van der Waals surface area contributed by atoms with Crippen molar-refractivity contribution in [1.82, 2.24) is 20.2 Å². The predicted molar refractivity (Wildman–Crippen MR) is 119 cm³/mol. The number of aromatic nitrogens is 2. The molecule has 160 valence electrons. The van der Waals surface area contributed by atoms with E-state index >= 15 is 0 Å². The Labute approximate surface area is 177 Å². The molecule has 1 saturated heterocycles. The molecule has 2 N–H and O–H groups in total. The highest BCUT2D eigenvalue weighted by Gasteiger charge is 2.19. The first kappa shape index (κ1) is 21.6. The summed E-state index contributed by atoms with van der Waals surface area (Å²) in [6, 6.07) is 4.10. The van der Waals surface area contributed by atoms with Crippen LogP contribution in [0, 0.1) is 0 Å². The summed E-state index contributed by atoms with van der Waals surface area (Å²) in [4.78, 5) is 23.0. The molecule has 0 atom stereocenters. The van der Waals surface area contributed by atoms with Crippen molar-refractivity contribution in [3.8, 4) is 11.5 Å². The molecule has 1 amide bonds. The van der Waals surface area contributed by atoms with Crippen LogP contribution in [0.4, 0.5) is 5.82 Å². The van der Waals surface area contributed by atoms with Crippen molar-refractivity contribution in [2.24, 2.45) is 0 Å². The van der Waals surface area contributed by atoms with Gasteiger partial charge in [0, 0.05) is 24.0 Å². The lowest BCUT2D eigenvalue weighted by Gasteiger charge is -2.30. The lowest BCUT2D eigenvalue weighted by molar-refractivity contribution is -0.116. The maximum absolute atomic E-state index is 11.3. The van der Waals surface area contributed by atoms with Crippen LogP contribution < -0.4 is 20.1 Å². The quantitative estimate of drug-likeness (QED) is 0.645. The van der Waals surface area contributed by atoms with E-state index in [2.05, 4.69) is 34.1 Å². The lowest BCUT2D eigenvalue weighted by Crippen LogP contribution is -2.37. The number of amides is 1. The van der Waals surface area contributed by atoms with E-state index < -0.39 is 0 Å². The highest BCUT2D eigenvalue weighted by molar-refractivity contribution is 5.92. The molecule has 1 aliphatic rings. The number of methoxy groups -OCH3 is 2. The van der Waals surface area contributed by atoms with Gasteiger partial charge in [0.15, 0.2) is 17.3 Å². The van der Waals surface area contributed by atoms with Gasteiger partial charge in [0.2, 0.25) is 5.91 Å². The number of rotatable bonds is 8. The number of carbonyl (C=O) groups excluding carboxylic acids is 1. The second kappa shape index (κ2) is 10.1. The molecule has 0 unspecified atom stereocenters. The molecule has 0 radical (unpaired) electrons. The Kier molecular flexibility index (Phi) is 7.24. The average Bonchev–Trinajstić information content (AvgIpc) is 2.77. The molecule has 1 aromatic heterocycles. The minimum atomic E-state index is -0.222. The molecule has 30 heavy (non-hydrogen) atoms. The van der Waals surface area contributed by atoms with Gasteiger partial charge in [0.25, 0.3) is 0 Å². The van der Waals surface area contributed by atoms with Gasteiger partial charge in [-0.1, -0.05) is 12.7 Å². The Morgan fingerprint density at radius 2 is 1.93 bits per heavy atom. The Morgan fingerprint density at radius 3 is 2.60 bits per heavy atom. The van der Waals surface area contributed by atoms with Gasteiger partial charge in [0.05, 0.1) is 19.7 Å². The molecular formula is C22H29N5O3. The van der Waals surface area contributed by atoms with Gasteiger partial charge >= 0.3 is 0 Å². The molecule has 8 heteroatoms. The fourth-order valence-corrected chi connectivity index (χ4v) is 3.40. The van der Waals surface area contributed by atoms with Gasteiger partial charge in [-0.2, -0.15) is 0 Å². The number of ether oxygens (including phenoxy) is 2. The molecule has 2 heterocycles. The zero-order chi connectivity index (χ0) is 21.5. The van der Waals surface area contributed by atoms with E-state index in [4.69, 9.17) is 14.5 Å². The SMILES string of the molecule is C=CC(=O)NC/C=C/c1nc(NC2CCN(C)CC2)c2cc(OC)c(OC)cc2n1. The van der Waals surface area contributed by atoms with Gasteiger partial charge in [-0.3, -0.25) is 4.79 Å². The molecule has 1 aliphatic heterocycles. The van der Waals surface area contributed by atoms with Crippen LogP contribution in [0.2, 0.25) is 0 Å². The summed E-state index contributed by atoms with van der Waals surface area (Å²) in [5, 5.41) is 7.18. The summed E-state index contributed by atoms with van der Waals surface area (Å²) in [5.74, 6) is 2.35. The number of hydrogen-bond acceptors (Lipinski definition) is 7. The van der Waals surface area contributed by atoms with Crippen LogP contribution in [0.25, 0.3) is 17.0 Å². The maximum atomic E-state index is 11.3. The molecule has 0 bridgehead atoms. The molecule has 1 fully saturated rings. The van der Waals surface area contributed by atoms with E-state index in [1.807, 2.05) is 18.2 Å². The van der Waals surface area contributed by atoms with Gasteiger partial charge < -0.3 is 25.0 Å². The highest BCUT2D eigenvalue weighted by atomic mass is 16.5. The second-order valence-electron chi connectivity index (χ2n) is 7.23. The topological polar surface area (TPSA) is 88.6 Å². The average molecular weight is 412 g/mol. The summed E-state index contributed by atoms with van der Waals surface area (Å²) in [5.41, 5.74) is 0.757. The molecule has 0 saturated carbocycles. The second-order valence-corrected chi connectivity index (χ2v) is 7.23. The van der Waals surface area contributed by atoms with E-state index in [0.717, 1.165) is 42.7 Å². The van der Waals surface area contributed by atoms with E-state index in [0.29, 0.717) is 29.9 Å². The Bertz CT molecular complexity index is 936. The van der Waals surface area contributed by atoms with Crippen molar-refractivity contribution < 1.29 is 14.3 Å². The first-order valence-corrected chi connectivity index (χ1v) is 9.99. The first-order chi connectivity index (χ1) is 14.5. The molecule has 8 nitrogen and oxygen atoms in total. The zero-order valence-electron chi connectivity index (χ0n) is 17.8. The van der Waals surface area contributed by atoms with E-state index in [1.54, 1.807) is 20.3 Å². The number of anilines is 1. The van der Waals surface area contributed by atoms with Gasteiger partial charge in [-0.15, -0.1) is 0 Å². The molecule has 1 aromatic carbocycles. The van der Waals surface area contributed by atoms with Crippen molar-refractivity contribution >= 4 is 28.7 Å². The van der Waals surface area contributed by atoms with Crippen LogP contribution in [0.1, 0.15) is 18.7 Å². The van der Waals surface area contributed by atoms with Crippen LogP contribution in [0.5, 0.6) is 11.5 Å². The first-order valence-electron chi connectivity index (χ1n) is 9.99. The summed E-state index contributed by atoms with van der Waals surface area (Å²) < 4.78 is 10.9. The molecule has 3 rings (SSSR count). The van der Waals surface area contributed by atoms with Crippen LogP contribution in [0.3, 0.4) is 0 Å². The lowest BCUT2D eigenvalue weighted by atomic mass is 10.1. The van der Waals surface area contributed by atoms with Crippen LogP contribution in [-0.4, -0.2) is 67.7 Å². The number of nitrogens with one attached hydrogen (secondary N) is 2. The molecule has 0 aliphatic carbocycles. The van der Waals surface area contributed by atoms with Gasteiger partial charge in [-0.25, -0.2) is 9.97 Å². The standard InChI is InChI=1S/C22H29N5O3/c1-5-21(28)23-10-6-7-20-25-17-14-19(30-4)18(29-3)13-16(17)22(26-20)24-15-8-11-27(2)12-9-15/h5-7,13-15H,1,8-12H2,2-4H3,(H,23,28)(H,24,25,26)/b7-6+. The normalized spacial score (nSPS) is 15.3. The van der Waals surface area contributed by atoms with Crippen molar-refractivity contribution in [1.29, 1.82) is 0 Å². The third-order valence-corrected chi connectivity index (χ3v) is 5.12. The number of benzene rings is 1. The third-order valence-electron chi connectivity index (χ3n) is 5.12. The number of likely N-dealkylation sites (tertiary alicyclic amines) is 1. The number of fused-ring (bicyclic) bond motifs is 1. The fraction of sp³-hybridized carbons (Fsp3) is 0.409. The summed E-state index contributed by atoms with van der Waals surface area (Å²) >= 11 is 0. The number of nitrogens with zero attached hydrogens (tertiary/aromatic N) is 3. The predicted octanol–water partition coefficient (Wildman–Crippen LogP) is 2.47. The number of carbonyl (C=O) groups is 1. The minimum Gasteiger partial charge on any atom is -0.493 e. The fourth-order valence-electron chi connectivity index (χ4n) is 3.40. The smallest absolute Gasteiger partial charge is 0.243 e. The van der Waals surface area contributed by atoms with Gasteiger partial charge in [-0.05, 0) is 51.2 Å². The van der Waals surface area contributed by atoms with E-state index in [9.17, 15) is 4.79 Å². The van der Waals surface area contributed by atoms with Crippen molar-refractivity contribution in [2.75, 3.05) is 46.2 Å². The number of piperidine rings is 1. The largest absolute Gasteiger partial charge is 0.493 e. The summed E-state index contributed by atoms with van der Waals surface area (Å²) in [6.07, 6.45) is 6.94. The van der Waals surface area contributed by atoms with E-state index in [1.165, 1.54) is 6.08 Å². The minimum absolute atomic E-state index is 0.222. The van der Waals surface area contributed by atoms with Crippen LogP contribution >= 0.6 is 0 Å². The van der Waals surface area contributed by atoms with E-state index in [-0.39, 0.29) is 5.91 Å². The summed E-state index contributed by atoms with van der Waals surface area (Å²) in [7, 11) is 5.36. The van der Waals surface area contributed by atoms with Gasteiger partial charge in [0.1, 0.15) is 5.82 Å². The summed E-state index contributed by atoms with van der Waals surface area (Å²) in [6.45, 7) is 5.91. The highest BCUT2D eigenvalue weighted by Crippen LogP contribution is 2.34. The maximum Gasteiger partial charge on any atom is 0.243 e. The molecule has 2 aromatic rings.